The van der Waals surface area contributed by atoms with Crippen LogP contribution in [0.5, 0.6) is 0 Å². The lowest BCUT2D eigenvalue weighted by molar-refractivity contribution is 1.12. The van der Waals surface area contributed by atoms with E-state index < -0.39 is 0 Å². The third kappa shape index (κ3) is 16.9. The average Bonchev–Trinajstić information content (AvgIpc) is 0.746. The molecule has 20 rings (SSSR count). The summed E-state index contributed by atoms with van der Waals surface area (Å²) in [7, 11) is 8.69. The van der Waals surface area contributed by atoms with Gasteiger partial charge in [-0.25, -0.2) is 0 Å². The molecule has 4 aliphatic heterocycles. The van der Waals surface area contributed by atoms with Crippen LogP contribution in [0.1, 0.15) is 111 Å². The second-order valence-electron chi connectivity index (χ2n) is 23.8. The van der Waals surface area contributed by atoms with E-state index in [2.05, 4.69) is 339 Å². The van der Waals surface area contributed by atoms with Crippen LogP contribution in [0.3, 0.4) is 0 Å². The topological polar surface area (TPSA) is 13.0 Å². The second kappa shape index (κ2) is 39.9. The Morgan fingerprint density at radius 3 is 0.694 bits per heavy atom. The molecule has 552 valence electrons. The highest BCUT2D eigenvalue weighted by Crippen LogP contribution is 2.56. The summed E-state index contributed by atoms with van der Waals surface area (Å²) in [6.45, 7) is 32.0. The molecule has 108 heavy (non-hydrogen) atoms. The molecule has 4 aliphatic rings. The van der Waals surface area contributed by atoms with Gasteiger partial charge in [0.2, 0.25) is 0 Å². The van der Waals surface area contributed by atoms with Crippen molar-refractivity contribution in [3.63, 3.8) is 0 Å². The number of benzene rings is 16. The summed E-state index contributed by atoms with van der Waals surface area (Å²) in [5.41, 5.74) is 10.4. The number of anilines is 8. The Hall–Kier alpha value is -9.80. The Bertz CT molecular complexity index is 5340. The molecule has 0 amide bonds. The van der Waals surface area contributed by atoms with Gasteiger partial charge in [-0.1, -0.05) is 382 Å². The van der Waals surface area contributed by atoms with Gasteiger partial charge in [0.25, 0.3) is 0 Å². The highest BCUT2D eigenvalue weighted by atomic mass is 32.2. The van der Waals surface area contributed by atoms with Gasteiger partial charge in [-0.3, -0.25) is 0 Å². The molecule has 0 N–H and O–H groups in total. The third-order valence-electron chi connectivity index (χ3n) is 18.5. The van der Waals surface area contributed by atoms with Crippen molar-refractivity contribution in [1.82, 2.24) is 0 Å². The van der Waals surface area contributed by atoms with E-state index in [0.29, 0.717) is 0 Å². The zero-order valence-corrected chi connectivity index (χ0v) is 70.4. The number of fused-ring (bicyclic) bond motifs is 21. The molecule has 0 unspecified atom stereocenters. The Balaban J connectivity index is 0.000000156. The zero-order chi connectivity index (χ0) is 77.6. The van der Waals surface area contributed by atoms with Crippen LogP contribution in [0.15, 0.2) is 330 Å². The predicted octanol–water partition coefficient (Wildman–Crippen LogP) is 33.1. The molecule has 0 atom stereocenters. The summed E-state index contributed by atoms with van der Waals surface area (Å²) in [6.07, 6.45) is 0. The SMILES string of the molecule is CC.CC.CC.CC.CC.CC.CC.CC.CN1c2c(ccc3ccccc23)Sc2ccc3ccccc3c21.CN1c2cc3ccccc3cc2Sc2c1ccc1ccccc21.CN1c2cc3ccccc3cc2Sc2cc3ccccc3cc21.CN1c2ccc3ccccc3c2Sc2c1ccc1ccccc21. The van der Waals surface area contributed by atoms with Gasteiger partial charge in [0.1, 0.15) is 0 Å². The van der Waals surface area contributed by atoms with Gasteiger partial charge in [-0.05, 0) is 142 Å². The number of nitrogens with zero attached hydrogens (tertiary/aromatic N) is 4. The van der Waals surface area contributed by atoms with Crippen molar-refractivity contribution in [3.05, 3.63) is 291 Å². The first-order valence-corrected chi connectivity index (χ1v) is 42.4. The lowest BCUT2D eigenvalue weighted by atomic mass is 10.0. The molecule has 16 aromatic rings. The summed E-state index contributed by atoms with van der Waals surface area (Å²) in [5.74, 6) is 0. The van der Waals surface area contributed by atoms with Gasteiger partial charge in [-0.2, -0.15) is 0 Å². The van der Waals surface area contributed by atoms with Gasteiger partial charge in [0.15, 0.2) is 0 Å². The highest BCUT2D eigenvalue weighted by molar-refractivity contribution is 8.00. The predicted molar refractivity (Wildman–Crippen MR) is 491 cm³/mol. The van der Waals surface area contributed by atoms with Crippen LogP contribution in [0.4, 0.5) is 45.5 Å². The van der Waals surface area contributed by atoms with E-state index in [0.717, 1.165) is 0 Å². The third-order valence-corrected chi connectivity index (χ3v) is 23.1. The van der Waals surface area contributed by atoms with Gasteiger partial charge >= 0.3 is 0 Å². The first kappa shape index (κ1) is 82.3. The largest absolute Gasteiger partial charge is 0.343 e. The molecular weight excluding hydrogens is 1390 g/mol. The monoisotopic (exact) mass is 1490 g/mol. The van der Waals surface area contributed by atoms with Crippen molar-refractivity contribution in [2.75, 3.05) is 47.8 Å². The molecule has 16 aromatic carbocycles. The first-order chi connectivity index (χ1) is 53.3. The molecule has 0 saturated carbocycles. The summed E-state index contributed by atoms with van der Waals surface area (Å²) in [4.78, 5) is 20.0. The van der Waals surface area contributed by atoms with Crippen LogP contribution in [-0.4, -0.2) is 28.2 Å². The van der Waals surface area contributed by atoms with E-state index in [1.807, 2.05) is 158 Å². The maximum absolute atomic E-state index is 2.37. The summed E-state index contributed by atoms with van der Waals surface area (Å²) in [5, 5.41) is 20.9. The van der Waals surface area contributed by atoms with Crippen LogP contribution in [0, 0.1) is 0 Å². The van der Waals surface area contributed by atoms with Crippen LogP contribution >= 0.6 is 47.0 Å². The minimum absolute atomic E-state index is 1.29. The molecule has 0 aliphatic carbocycles. The maximum Gasteiger partial charge on any atom is 0.0630 e. The van der Waals surface area contributed by atoms with E-state index in [9.17, 15) is 0 Å². The van der Waals surface area contributed by atoms with Crippen molar-refractivity contribution in [1.29, 1.82) is 0 Å². The molecule has 8 heteroatoms. The fourth-order valence-corrected chi connectivity index (χ4v) is 18.9. The smallest absolute Gasteiger partial charge is 0.0630 e. The first-order valence-electron chi connectivity index (χ1n) is 39.1. The summed E-state index contributed by atoms with van der Waals surface area (Å²) in [6, 6.07) is 105. The molecule has 0 spiro atoms. The molecule has 0 bridgehead atoms. The molecule has 0 saturated heterocycles. The maximum atomic E-state index is 2.37. The lowest BCUT2D eigenvalue weighted by Gasteiger charge is -2.32. The van der Waals surface area contributed by atoms with Crippen LogP contribution in [0.2, 0.25) is 0 Å². The zero-order valence-electron chi connectivity index (χ0n) is 67.1. The number of hydrogen-bond acceptors (Lipinski definition) is 8. The van der Waals surface area contributed by atoms with E-state index in [-0.39, 0.29) is 0 Å². The standard InChI is InChI=1S/4C21H15NS.8C2H6/c1-22-18-10-14-6-2-4-8-16(14)12-20(18)23-21-13-17-9-5-3-7-15(17)11-19(21)22;1-22-20-16-8-4-2-6-14(16)10-12-18(20)23-19-13-11-15-7-3-5-9-17(15)21(19)22;1-22-18-12-10-14-6-2-4-8-16(14)20(18)23-21-17-9-5-3-7-15(17)11-13-19(21)22;1-22-18-11-10-14-6-4-5-9-17(14)21(18)23-20-13-16-8-3-2-7-15(16)12-19(20)22;8*1-2/h4*2-13H,1H3;8*1-2H3. The van der Waals surface area contributed by atoms with E-state index in [4.69, 9.17) is 0 Å². The highest BCUT2D eigenvalue weighted by Gasteiger charge is 2.28. The van der Waals surface area contributed by atoms with Crippen molar-refractivity contribution in [3.8, 4) is 0 Å². The van der Waals surface area contributed by atoms with Gasteiger partial charge in [0, 0.05) is 78.1 Å². The quantitative estimate of drug-likeness (QED) is 0.147. The van der Waals surface area contributed by atoms with Crippen LogP contribution in [0.25, 0.3) is 86.2 Å². The minimum Gasteiger partial charge on any atom is -0.343 e. The average molecular weight is 1490 g/mol. The van der Waals surface area contributed by atoms with E-state index in [1.54, 1.807) is 0 Å². The second-order valence-corrected chi connectivity index (χ2v) is 28.1. The van der Waals surface area contributed by atoms with Crippen LogP contribution < -0.4 is 19.6 Å². The Morgan fingerprint density at radius 2 is 0.380 bits per heavy atom. The normalized spacial score (nSPS) is 11.7. The van der Waals surface area contributed by atoms with Crippen molar-refractivity contribution in [2.45, 2.75) is 150 Å². The molecule has 0 fully saturated rings. The molecule has 0 aromatic heterocycles. The fourth-order valence-electron chi connectivity index (χ4n) is 13.7. The van der Waals surface area contributed by atoms with E-state index in [1.165, 1.54) is 171 Å². The summed E-state index contributed by atoms with van der Waals surface area (Å²) < 4.78 is 0. The lowest BCUT2D eigenvalue weighted by Crippen LogP contribution is -2.15. The number of hydrogen-bond donors (Lipinski definition) is 0. The molecule has 4 nitrogen and oxygen atoms in total. The van der Waals surface area contributed by atoms with Gasteiger partial charge in [-0.15, -0.1) is 0 Å². The Morgan fingerprint density at radius 1 is 0.167 bits per heavy atom. The van der Waals surface area contributed by atoms with Crippen molar-refractivity contribution >= 4 is 179 Å². The molecule has 0 radical (unpaired) electrons. The number of rotatable bonds is 0. The Kier molecular flexibility index (Phi) is 30.4. The molecular formula is C100H108N4S4. The van der Waals surface area contributed by atoms with E-state index >= 15 is 0 Å². The van der Waals surface area contributed by atoms with Crippen molar-refractivity contribution in [2.24, 2.45) is 0 Å². The Labute approximate surface area is 662 Å². The van der Waals surface area contributed by atoms with Gasteiger partial charge in [0.05, 0.1) is 45.5 Å². The molecule has 4 heterocycles. The van der Waals surface area contributed by atoms with Crippen LogP contribution in [-0.2, 0) is 0 Å². The van der Waals surface area contributed by atoms with Crippen molar-refractivity contribution < 1.29 is 0 Å². The minimum atomic E-state index is 1.29. The summed E-state index contributed by atoms with van der Waals surface area (Å²) >= 11 is 7.54. The van der Waals surface area contributed by atoms with Gasteiger partial charge < -0.3 is 19.6 Å². The fraction of sp³-hybridized carbons (Fsp3) is 0.200.